The number of rotatable bonds is 6. The van der Waals surface area contributed by atoms with Crippen molar-refractivity contribution in [2.45, 2.75) is 19.4 Å². The summed E-state index contributed by atoms with van der Waals surface area (Å²) in [6, 6.07) is 15.5. The number of anilines is 2. The van der Waals surface area contributed by atoms with Crippen LogP contribution < -0.4 is 10.3 Å². The first kappa shape index (κ1) is 20.5. The highest BCUT2D eigenvalue weighted by molar-refractivity contribution is 6.40. The van der Waals surface area contributed by atoms with Gasteiger partial charge in [-0.05, 0) is 31.2 Å². The third kappa shape index (κ3) is 4.81. The fraction of sp³-hybridized carbons (Fsp3) is 0.238. The van der Waals surface area contributed by atoms with Crippen LogP contribution in [0, 0.1) is 0 Å². The monoisotopic (exact) mass is 412 g/mol. The lowest BCUT2D eigenvalue weighted by Gasteiger charge is -2.20. The van der Waals surface area contributed by atoms with Gasteiger partial charge in [0.25, 0.3) is 5.91 Å². The molecule has 1 unspecified atom stereocenters. The zero-order valence-electron chi connectivity index (χ0n) is 16.1. The first-order valence-corrected chi connectivity index (χ1v) is 9.46. The Kier molecular flexibility index (Phi) is 6.29. The summed E-state index contributed by atoms with van der Waals surface area (Å²) in [5.74, 6) is -0.862. The molecule has 2 aromatic carbocycles. The van der Waals surface area contributed by atoms with Gasteiger partial charge in [-0.25, -0.2) is 0 Å². The minimum absolute atomic E-state index is 0.0838. The molecule has 0 fully saturated rings. The van der Waals surface area contributed by atoms with Crippen LogP contribution in [0.3, 0.4) is 0 Å². The molecule has 8 heteroatoms. The van der Waals surface area contributed by atoms with Crippen LogP contribution in [0.5, 0.6) is 0 Å². The Bertz CT molecular complexity index is 961. The van der Waals surface area contributed by atoms with Gasteiger partial charge in [0.15, 0.2) is 5.78 Å². The number of para-hydroxylation sites is 2. The number of amides is 2. The quantitative estimate of drug-likeness (QED) is 0.790. The average Bonchev–Trinajstić information content (AvgIpc) is 3.15. The Hall–Kier alpha value is -3.19. The second kappa shape index (κ2) is 8.87. The predicted molar refractivity (Wildman–Crippen MR) is 113 cm³/mol. The van der Waals surface area contributed by atoms with Crippen LogP contribution in [0.4, 0.5) is 11.4 Å². The molecule has 1 aliphatic rings. The Morgan fingerprint density at radius 2 is 1.79 bits per heavy atom. The number of benzene rings is 2. The van der Waals surface area contributed by atoms with Crippen LogP contribution in [-0.4, -0.2) is 47.8 Å². The number of nitrogens with one attached hydrogen (secondary N) is 1. The van der Waals surface area contributed by atoms with Gasteiger partial charge in [-0.15, -0.1) is 0 Å². The maximum Gasteiger partial charge on any atom is 0.270 e. The summed E-state index contributed by atoms with van der Waals surface area (Å²) in [5.41, 5.74) is 1.45. The number of carbonyl (C=O) groups excluding carboxylic acids is 3. The topological polar surface area (TPSA) is 82.1 Å². The molecule has 3 rings (SSSR count). The minimum atomic E-state index is -0.540. The fourth-order valence-electron chi connectivity index (χ4n) is 3.03. The number of likely N-dealkylation sites (N-methyl/N-ethyl adjacent to an activating group) is 1. The summed E-state index contributed by atoms with van der Waals surface area (Å²) >= 11 is 6.04. The van der Waals surface area contributed by atoms with Crippen molar-refractivity contribution >= 4 is 46.3 Å². The summed E-state index contributed by atoms with van der Waals surface area (Å²) in [5, 5.41) is 9.03. The van der Waals surface area contributed by atoms with E-state index in [1.54, 1.807) is 29.3 Å². The van der Waals surface area contributed by atoms with Crippen molar-refractivity contribution in [2.24, 2.45) is 5.10 Å². The second-order valence-electron chi connectivity index (χ2n) is 6.75. The molecule has 0 saturated heterocycles. The van der Waals surface area contributed by atoms with Gasteiger partial charge in [0.1, 0.15) is 11.8 Å². The molecular weight excluding hydrogens is 392 g/mol. The normalized spacial score (nSPS) is 15.6. The van der Waals surface area contributed by atoms with Crippen molar-refractivity contribution in [3.8, 4) is 0 Å². The van der Waals surface area contributed by atoms with E-state index in [0.717, 1.165) is 5.69 Å². The molecule has 1 aliphatic heterocycles. The molecule has 2 amide bonds. The van der Waals surface area contributed by atoms with Gasteiger partial charge in [-0.2, -0.15) is 5.10 Å². The number of hydrogen-bond donors (Lipinski definition) is 1. The number of halogens is 1. The summed E-state index contributed by atoms with van der Waals surface area (Å²) in [6.45, 7) is 1.31. The van der Waals surface area contributed by atoms with Crippen molar-refractivity contribution < 1.29 is 14.4 Å². The predicted octanol–water partition coefficient (Wildman–Crippen LogP) is 2.96. The lowest BCUT2D eigenvalue weighted by atomic mass is 10.1. The number of Topliss-reactive ketones (excluding diaryl/α,β-unsaturated/α-hetero) is 1. The van der Waals surface area contributed by atoms with Crippen molar-refractivity contribution in [1.29, 1.82) is 0 Å². The maximum absolute atomic E-state index is 12.8. The molecule has 0 spiro atoms. The van der Waals surface area contributed by atoms with Crippen LogP contribution in [0.25, 0.3) is 0 Å². The first-order valence-electron chi connectivity index (χ1n) is 9.09. The molecule has 1 atom stereocenters. The fourth-order valence-corrected chi connectivity index (χ4v) is 3.22. The highest BCUT2D eigenvalue weighted by Gasteiger charge is 2.35. The van der Waals surface area contributed by atoms with Crippen LogP contribution in [0.15, 0.2) is 59.7 Å². The van der Waals surface area contributed by atoms with E-state index in [0.29, 0.717) is 10.7 Å². The van der Waals surface area contributed by atoms with Crippen molar-refractivity contribution in [3.05, 3.63) is 59.6 Å². The molecule has 1 heterocycles. The second-order valence-corrected chi connectivity index (χ2v) is 7.15. The molecule has 7 nitrogen and oxygen atoms in total. The van der Waals surface area contributed by atoms with Crippen molar-refractivity contribution in [3.63, 3.8) is 0 Å². The Morgan fingerprint density at radius 3 is 2.45 bits per heavy atom. The number of ketones is 1. The van der Waals surface area contributed by atoms with Crippen LogP contribution in [-0.2, 0) is 14.4 Å². The van der Waals surface area contributed by atoms with Gasteiger partial charge < -0.3 is 10.2 Å². The standard InChI is InChI=1S/C21H21ClN4O3/c1-14(27)19-12-18(24-26(19)15-8-4-3-5-9-15)21(29)25(2)13-20(28)23-17-11-7-6-10-16(17)22/h3-11,19H,12-13H2,1-2H3,(H,23,28). The summed E-state index contributed by atoms with van der Waals surface area (Å²) < 4.78 is 0. The van der Waals surface area contributed by atoms with Gasteiger partial charge in [0, 0.05) is 13.5 Å². The Labute approximate surface area is 173 Å². The number of nitrogens with zero attached hydrogens (tertiary/aromatic N) is 3. The van der Waals surface area contributed by atoms with Crippen LogP contribution in [0.1, 0.15) is 13.3 Å². The maximum atomic E-state index is 12.8. The summed E-state index contributed by atoms with van der Waals surface area (Å²) in [6.07, 6.45) is 0.194. The third-order valence-corrected chi connectivity index (χ3v) is 4.85. The molecule has 0 aromatic heterocycles. The van der Waals surface area contributed by atoms with Gasteiger partial charge >= 0.3 is 0 Å². The molecule has 0 bridgehead atoms. The molecule has 150 valence electrons. The zero-order chi connectivity index (χ0) is 21.0. The molecule has 0 radical (unpaired) electrons. The van der Waals surface area contributed by atoms with Crippen LogP contribution >= 0.6 is 11.6 Å². The van der Waals surface area contributed by atoms with E-state index in [9.17, 15) is 14.4 Å². The van der Waals surface area contributed by atoms with E-state index in [-0.39, 0.29) is 30.4 Å². The van der Waals surface area contributed by atoms with Crippen molar-refractivity contribution in [2.75, 3.05) is 23.9 Å². The van der Waals surface area contributed by atoms with Crippen LogP contribution in [0.2, 0.25) is 5.02 Å². The summed E-state index contributed by atoms with van der Waals surface area (Å²) in [7, 11) is 1.52. The number of hydrogen-bond acceptors (Lipinski definition) is 5. The highest BCUT2D eigenvalue weighted by Crippen LogP contribution is 2.25. The van der Waals surface area contributed by atoms with E-state index in [2.05, 4.69) is 10.4 Å². The average molecular weight is 413 g/mol. The third-order valence-electron chi connectivity index (χ3n) is 4.52. The first-order chi connectivity index (χ1) is 13.9. The Balaban J connectivity index is 1.69. The lowest BCUT2D eigenvalue weighted by Crippen LogP contribution is -2.39. The molecule has 0 aliphatic carbocycles. The van der Waals surface area contributed by atoms with E-state index < -0.39 is 11.9 Å². The zero-order valence-corrected chi connectivity index (χ0v) is 16.9. The van der Waals surface area contributed by atoms with E-state index in [1.807, 2.05) is 30.3 Å². The van der Waals surface area contributed by atoms with Gasteiger partial charge in [0.05, 0.1) is 22.9 Å². The van der Waals surface area contributed by atoms with Gasteiger partial charge in [-0.1, -0.05) is 41.9 Å². The van der Waals surface area contributed by atoms with E-state index in [1.165, 1.54) is 18.9 Å². The molecule has 1 N–H and O–H groups in total. The largest absolute Gasteiger partial charge is 0.331 e. The SMILES string of the molecule is CC(=O)C1CC(C(=O)N(C)CC(=O)Nc2ccccc2Cl)=NN1c1ccccc1. The molecule has 2 aromatic rings. The van der Waals surface area contributed by atoms with E-state index in [4.69, 9.17) is 11.6 Å². The molecule has 0 saturated carbocycles. The van der Waals surface area contributed by atoms with E-state index >= 15 is 0 Å². The number of carbonyl (C=O) groups is 3. The summed E-state index contributed by atoms with van der Waals surface area (Å²) in [4.78, 5) is 38.4. The lowest BCUT2D eigenvalue weighted by molar-refractivity contribution is -0.127. The van der Waals surface area contributed by atoms with Gasteiger partial charge in [0.2, 0.25) is 5.91 Å². The highest BCUT2D eigenvalue weighted by atomic mass is 35.5. The molecular formula is C21H21ClN4O3. The number of hydrazone groups is 1. The molecule has 29 heavy (non-hydrogen) atoms. The van der Waals surface area contributed by atoms with Crippen molar-refractivity contribution in [1.82, 2.24) is 4.90 Å². The smallest absolute Gasteiger partial charge is 0.270 e. The minimum Gasteiger partial charge on any atom is -0.331 e. The Morgan fingerprint density at radius 1 is 1.14 bits per heavy atom. The van der Waals surface area contributed by atoms with Gasteiger partial charge in [-0.3, -0.25) is 19.4 Å².